The van der Waals surface area contributed by atoms with E-state index in [2.05, 4.69) is 17.8 Å². The number of hydrogen-bond donors (Lipinski definition) is 0. The van der Waals surface area contributed by atoms with E-state index in [4.69, 9.17) is 6.42 Å². The fourth-order valence-electron chi connectivity index (χ4n) is 3.24. The predicted octanol–water partition coefficient (Wildman–Crippen LogP) is 5.28. The Morgan fingerprint density at radius 2 is 1.11 bits per heavy atom. The van der Waals surface area contributed by atoms with E-state index < -0.39 is 0 Å². The van der Waals surface area contributed by atoms with Gasteiger partial charge in [0.1, 0.15) is 0 Å². The number of nitro groups is 1. The van der Waals surface area contributed by atoms with Crippen LogP contribution in [0.3, 0.4) is 0 Å². The molecule has 0 N–H and O–H groups in total. The van der Waals surface area contributed by atoms with Crippen LogP contribution in [0.25, 0.3) is 21.5 Å². The number of terminal acetylenes is 1. The summed E-state index contributed by atoms with van der Waals surface area (Å²) in [6, 6.07) is 22.1. The molecule has 4 aromatic carbocycles. The molecule has 4 aromatic rings. The zero-order valence-electron chi connectivity index (χ0n) is 14.3. The van der Waals surface area contributed by atoms with E-state index in [1.807, 2.05) is 48.5 Å². The maximum Gasteiger partial charge on any atom is 0.277 e. The molecule has 0 heterocycles. The van der Waals surface area contributed by atoms with Crippen LogP contribution in [0.2, 0.25) is 0 Å². The quantitative estimate of drug-likeness (QED) is 0.267. The van der Waals surface area contributed by atoms with Crippen LogP contribution in [0.1, 0.15) is 16.7 Å². The van der Waals surface area contributed by atoms with Crippen molar-refractivity contribution in [2.75, 3.05) is 0 Å². The molecule has 0 aliphatic carbocycles. The summed E-state index contributed by atoms with van der Waals surface area (Å²) in [4.78, 5) is 10.9. The largest absolute Gasteiger partial charge is 0.277 e. The molecule has 0 unspecified atom stereocenters. The van der Waals surface area contributed by atoms with Gasteiger partial charge in [0.2, 0.25) is 0 Å². The Hall–Kier alpha value is -4.08. The number of fused-ring (bicyclic) bond motifs is 2. The highest BCUT2D eigenvalue weighted by atomic mass is 16.6. The van der Waals surface area contributed by atoms with Crippen LogP contribution in [0, 0.1) is 34.3 Å². The first-order valence-electron chi connectivity index (χ1n) is 8.35. The number of non-ortho nitro benzene ring substituents is 1. The first-order chi connectivity index (χ1) is 13.2. The summed E-state index contributed by atoms with van der Waals surface area (Å²) in [7, 11) is 0. The third-order valence-electron chi connectivity index (χ3n) is 4.51. The lowest BCUT2D eigenvalue weighted by molar-refractivity contribution is -0.383. The van der Waals surface area contributed by atoms with Gasteiger partial charge >= 0.3 is 0 Å². The molecule has 3 heteroatoms. The van der Waals surface area contributed by atoms with Crippen molar-refractivity contribution >= 4 is 27.2 Å². The molecule has 0 saturated carbocycles. The van der Waals surface area contributed by atoms with Gasteiger partial charge in [0.25, 0.3) is 5.69 Å². The van der Waals surface area contributed by atoms with Gasteiger partial charge in [-0.15, -0.1) is 6.42 Å². The molecule has 3 nitrogen and oxygen atoms in total. The van der Waals surface area contributed by atoms with Gasteiger partial charge in [-0.2, -0.15) is 0 Å². The van der Waals surface area contributed by atoms with Gasteiger partial charge < -0.3 is 0 Å². The number of nitrogens with zero attached hydrogens (tertiary/aromatic N) is 1. The van der Waals surface area contributed by atoms with E-state index in [-0.39, 0.29) is 10.6 Å². The minimum absolute atomic E-state index is 0.0833. The first-order valence-corrected chi connectivity index (χ1v) is 8.35. The van der Waals surface area contributed by atoms with Crippen LogP contribution >= 0.6 is 0 Å². The van der Waals surface area contributed by atoms with E-state index in [0.29, 0.717) is 5.39 Å². The van der Waals surface area contributed by atoms with Gasteiger partial charge in [0.15, 0.2) is 0 Å². The second kappa shape index (κ2) is 6.67. The van der Waals surface area contributed by atoms with Crippen molar-refractivity contribution in [3.8, 4) is 24.2 Å². The molecule has 4 rings (SSSR count). The second-order valence-corrected chi connectivity index (χ2v) is 6.04. The minimum atomic E-state index is -0.369. The summed E-state index contributed by atoms with van der Waals surface area (Å²) in [5.74, 6) is 9.08. The Balaban J connectivity index is 1.90. The molecule has 0 aromatic heterocycles. The van der Waals surface area contributed by atoms with Crippen molar-refractivity contribution in [1.29, 1.82) is 0 Å². The van der Waals surface area contributed by atoms with Crippen molar-refractivity contribution in [2.24, 2.45) is 0 Å². The second-order valence-electron chi connectivity index (χ2n) is 6.04. The summed E-state index contributed by atoms with van der Waals surface area (Å²) in [5, 5.41) is 14.6. The van der Waals surface area contributed by atoms with Crippen LogP contribution in [0.15, 0.2) is 72.8 Å². The number of rotatable bonds is 1. The average molecular weight is 347 g/mol. The van der Waals surface area contributed by atoms with E-state index in [9.17, 15) is 10.1 Å². The van der Waals surface area contributed by atoms with Crippen molar-refractivity contribution in [3.63, 3.8) is 0 Å². The van der Waals surface area contributed by atoms with Gasteiger partial charge in [0.05, 0.1) is 10.3 Å². The Morgan fingerprint density at radius 1 is 0.667 bits per heavy atom. The highest BCUT2D eigenvalue weighted by Gasteiger charge is 2.12. The summed E-state index contributed by atoms with van der Waals surface area (Å²) in [5.41, 5.74) is 2.53. The zero-order chi connectivity index (χ0) is 18.8. The Morgan fingerprint density at radius 3 is 1.67 bits per heavy atom. The maximum absolute atomic E-state index is 11.3. The molecular formula is C24H13NO2. The van der Waals surface area contributed by atoms with Crippen molar-refractivity contribution in [3.05, 3.63) is 99.6 Å². The van der Waals surface area contributed by atoms with Crippen molar-refractivity contribution in [1.82, 2.24) is 0 Å². The highest BCUT2D eigenvalue weighted by Crippen LogP contribution is 2.27. The Kier molecular flexibility index (Phi) is 4.05. The van der Waals surface area contributed by atoms with Crippen LogP contribution in [0.5, 0.6) is 0 Å². The minimum Gasteiger partial charge on any atom is -0.258 e. The maximum atomic E-state index is 11.3. The van der Waals surface area contributed by atoms with E-state index in [1.165, 1.54) is 6.07 Å². The molecule has 0 amide bonds. The average Bonchev–Trinajstić information content (AvgIpc) is 2.71. The van der Waals surface area contributed by atoms with E-state index in [0.717, 1.165) is 32.8 Å². The predicted molar refractivity (Wildman–Crippen MR) is 108 cm³/mol. The monoisotopic (exact) mass is 347 g/mol. The van der Waals surface area contributed by atoms with Gasteiger partial charge in [-0.3, -0.25) is 10.1 Å². The van der Waals surface area contributed by atoms with E-state index >= 15 is 0 Å². The standard InChI is InChI=1S/C24H13NO2/c1-2-17-7-3-11-21-18(8-4-10-20(17)21)15-16-19-9-5-13-23-22(19)12-6-14-24(23)25(26)27/h1,3-14H. The summed E-state index contributed by atoms with van der Waals surface area (Å²) in [6.45, 7) is 0. The van der Waals surface area contributed by atoms with Crippen LogP contribution < -0.4 is 0 Å². The smallest absolute Gasteiger partial charge is 0.258 e. The number of hydrogen-bond acceptors (Lipinski definition) is 2. The molecule has 0 aliphatic heterocycles. The normalized spacial score (nSPS) is 10.2. The lowest BCUT2D eigenvalue weighted by Gasteiger charge is -2.03. The molecule has 0 radical (unpaired) electrons. The van der Waals surface area contributed by atoms with Crippen LogP contribution in [-0.2, 0) is 0 Å². The molecule has 0 spiro atoms. The first kappa shape index (κ1) is 16.4. The molecule has 126 valence electrons. The van der Waals surface area contributed by atoms with Gasteiger partial charge in [-0.25, -0.2) is 0 Å². The number of nitro benzene ring substituents is 1. The molecule has 0 aliphatic rings. The topological polar surface area (TPSA) is 43.1 Å². The van der Waals surface area contributed by atoms with Crippen LogP contribution in [-0.4, -0.2) is 4.92 Å². The van der Waals surface area contributed by atoms with Gasteiger partial charge in [-0.1, -0.05) is 60.2 Å². The highest BCUT2D eigenvalue weighted by molar-refractivity contribution is 5.96. The molecule has 0 saturated heterocycles. The fourth-order valence-corrected chi connectivity index (χ4v) is 3.24. The fraction of sp³-hybridized carbons (Fsp3) is 0. The molecule has 27 heavy (non-hydrogen) atoms. The van der Waals surface area contributed by atoms with E-state index in [1.54, 1.807) is 18.2 Å². The number of benzene rings is 4. The third kappa shape index (κ3) is 2.88. The zero-order valence-corrected chi connectivity index (χ0v) is 14.3. The van der Waals surface area contributed by atoms with Gasteiger partial charge in [-0.05, 0) is 35.0 Å². The Bertz CT molecular complexity index is 1320. The third-order valence-corrected chi connectivity index (χ3v) is 4.51. The van der Waals surface area contributed by atoms with Gasteiger partial charge in [0, 0.05) is 28.1 Å². The molecular weight excluding hydrogens is 334 g/mol. The van der Waals surface area contributed by atoms with Crippen molar-refractivity contribution < 1.29 is 4.92 Å². The van der Waals surface area contributed by atoms with Crippen molar-refractivity contribution in [2.45, 2.75) is 0 Å². The SMILES string of the molecule is C#Cc1cccc2c(C#Cc3cccc4c([N+](=O)[O-])cccc34)cccc12. The molecule has 0 atom stereocenters. The Labute approximate surface area is 156 Å². The lowest BCUT2D eigenvalue weighted by Crippen LogP contribution is -1.90. The van der Waals surface area contributed by atoms with Crippen LogP contribution in [0.4, 0.5) is 5.69 Å². The lowest BCUT2D eigenvalue weighted by atomic mass is 9.99. The summed E-state index contributed by atoms with van der Waals surface area (Å²) < 4.78 is 0. The molecule has 0 bridgehead atoms. The molecule has 0 fully saturated rings. The summed E-state index contributed by atoms with van der Waals surface area (Å²) >= 11 is 0. The summed E-state index contributed by atoms with van der Waals surface area (Å²) in [6.07, 6.45) is 5.59.